The summed E-state index contributed by atoms with van der Waals surface area (Å²) in [6.07, 6.45) is 1.13. The lowest BCUT2D eigenvalue weighted by atomic mass is 9.65. The monoisotopic (exact) mass is 289 g/mol. The second kappa shape index (κ2) is 5.17. The first-order valence-corrected chi connectivity index (χ1v) is 7.29. The third kappa shape index (κ3) is 2.55. The van der Waals surface area contributed by atoms with Gasteiger partial charge in [-0.25, -0.2) is 0 Å². The molecule has 0 radical (unpaired) electrons. The Kier molecular flexibility index (Phi) is 3.83. The number of hydrogen-bond donors (Lipinski definition) is 2. The number of aryl methyl sites for hydroxylation is 1. The minimum atomic E-state index is -0.859. The van der Waals surface area contributed by atoms with Crippen LogP contribution < -0.4 is 5.32 Å². The Morgan fingerprint density at radius 2 is 1.76 bits per heavy atom. The first-order valence-electron chi connectivity index (χ1n) is 7.29. The van der Waals surface area contributed by atoms with Crippen molar-refractivity contribution in [3.05, 3.63) is 29.8 Å². The first-order chi connectivity index (χ1) is 9.68. The number of anilines is 1. The number of nitrogens with one attached hydrogen (secondary N) is 1. The zero-order valence-electron chi connectivity index (χ0n) is 13.1. The number of carbonyl (C=O) groups is 2. The van der Waals surface area contributed by atoms with Crippen LogP contribution in [0.2, 0.25) is 0 Å². The maximum Gasteiger partial charge on any atom is 0.309 e. The van der Waals surface area contributed by atoms with E-state index in [9.17, 15) is 14.7 Å². The van der Waals surface area contributed by atoms with Crippen molar-refractivity contribution >= 4 is 17.6 Å². The average molecular weight is 289 g/mol. The minimum Gasteiger partial charge on any atom is -0.481 e. The summed E-state index contributed by atoms with van der Waals surface area (Å²) in [5.41, 5.74) is 0.452. The Labute approximate surface area is 125 Å². The zero-order chi connectivity index (χ0) is 15.8. The van der Waals surface area contributed by atoms with Crippen molar-refractivity contribution in [2.45, 2.75) is 40.5 Å². The van der Waals surface area contributed by atoms with Gasteiger partial charge in [0.25, 0.3) is 0 Å². The summed E-state index contributed by atoms with van der Waals surface area (Å²) in [5.74, 6) is -1.20. The molecule has 2 rings (SSSR count). The summed E-state index contributed by atoms with van der Waals surface area (Å²) in [4.78, 5) is 24.1. The quantitative estimate of drug-likeness (QED) is 0.895. The minimum absolute atomic E-state index is 0.0890. The van der Waals surface area contributed by atoms with Gasteiger partial charge in [0, 0.05) is 11.6 Å². The number of amides is 1. The topological polar surface area (TPSA) is 66.4 Å². The van der Waals surface area contributed by atoms with E-state index < -0.39 is 16.8 Å². The summed E-state index contributed by atoms with van der Waals surface area (Å²) < 4.78 is 0. The highest BCUT2D eigenvalue weighted by atomic mass is 16.4. The second-order valence-corrected chi connectivity index (χ2v) is 6.81. The molecule has 2 N–H and O–H groups in total. The molecule has 21 heavy (non-hydrogen) atoms. The van der Waals surface area contributed by atoms with E-state index in [1.54, 1.807) is 6.92 Å². The SMILES string of the molecule is Cc1ccc(NC(=O)[C@@H]2CC[C@@](C)(C(=O)O)C2(C)C)cc1. The van der Waals surface area contributed by atoms with Gasteiger partial charge in [0.15, 0.2) is 0 Å². The van der Waals surface area contributed by atoms with Crippen LogP contribution in [0.15, 0.2) is 24.3 Å². The highest BCUT2D eigenvalue weighted by Gasteiger charge is 2.58. The number of carboxylic acid groups (broad SMARTS) is 1. The van der Waals surface area contributed by atoms with Crippen molar-refractivity contribution in [1.82, 2.24) is 0 Å². The molecule has 0 aliphatic heterocycles. The van der Waals surface area contributed by atoms with E-state index in [0.717, 1.165) is 11.3 Å². The highest BCUT2D eigenvalue weighted by Crippen LogP contribution is 2.56. The number of carbonyl (C=O) groups excluding carboxylic acids is 1. The number of aliphatic carboxylic acids is 1. The summed E-state index contributed by atoms with van der Waals surface area (Å²) in [5, 5.41) is 12.4. The van der Waals surface area contributed by atoms with Gasteiger partial charge in [-0.1, -0.05) is 31.5 Å². The van der Waals surface area contributed by atoms with Crippen LogP contribution in [-0.4, -0.2) is 17.0 Å². The lowest BCUT2D eigenvalue weighted by molar-refractivity contribution is -0.154. The van der Waals surface area contributed by atoms with Gasteiger partial charge in [0.05, 0.1) is 5.41 Å². The van der Waals surface area contributed by atoms with E-state index in [2.05, 4.69) is 5.32 Å². The molecule has 1 amide bonds. The fraction of sp³-hybridized carbons (Fsp3) is 0.529. The molecule has 4 heteroatoms. The summed E-state index contributed by atoms with van der Waals surface area (Å²) in [6.45, 7) is 7.50. The van der Waals surface area contributed by atoms with Gasteiger partial charge in [-0.3, -0.25) is 9.59 Å². The number of hydrogen-bond acceptors (Lipinski definition) is 2. The largest absolute Gasteiger partial charge is 0.481 e. The van der Waals surface area contributed by atoms with Crippen molar-refractivity contribution in [2.24, 2.45) is 16.7 Å². The maximum atomic E-state index is 12.5. The zero-order valence-corrected chi connectivity index (χ0v) is 13.1. The molecule has 4 nitrogen and oxygen atoms in total. The predicted octanol–water partition coefficient (Wildman–Crippen LogP) is 3.46. The normalized spacial score (nSPS) is 27.3. The van der Waals surface area contributed by atoms with Gasteiger partial charge < -0.3 is 10.4 Å². The number of carboxylic acids is 1. The lowest BCUT2D eigenvalue weighted by Gasteiger charge is -2.37. The molecule has 0 unspecified atom stereocenters. The predicted molar refractivity (Wildman–Crippen MR) is 82.1 cm³/mol. The number of rotatable bonds is 3. The second-order valence-electron chi connectivity index (χ2n) is 6.81. The van der Waals surface area contributed by atoms with Crippen LogP contribution in [0.1, 0.15) is 39.2 Å². The molecular formula is C17H23NO3. The van der Waals surface area contributed by atoms with Gasteiger partial charge in [-0.2, -0.15) is 0 Å². The highest BCUT2D eigenvalue weighted by molar-refractivity contribution is 5.94. The molecule has 0 bridgehead atoms. The van der Waals surface area contributed by atoms with Gasteiger partial charge in [0.1, 0.15) is 0 Å². The summed E-state index contributed by atoms with van der Waals surface area (Å²) >= 11 is 0. The van der Waals surface area contributed by atoms with Crippen molar-refractivity contribution in [1.29, 1.82) is 0 Å². The average Bonchev–Trinajstić information content (AvgIpc) is 2.64. The van der Waals surface area contributed by atoms with Crippen LogP contribution in [0.25, 0.3) is 0 Å². The van der Waals surface area contributed by atoms with Crippen LogP contribution in [-0.2, 0) is 9.59 Å². The third-order valence-corrected chi connectivity index (χ3v) is 5.33. The molecule has 1 aliphatic carbocycles. The summed E-state index contributed by atoms with van der Waals surface area (Å²) in [7, 11) is 0. The molecule has 0 saturated heterocycles. The van der Waals surface area contributed by atoms with E-state index in [1.165, 1.54) is 0 Å². The lowest BCUT2D eigenvalue weighted by Crippen LogP contribution is -2.43. The van der Waals surface area contributed by atoms with E-state index in [-0.39, 0.29) is 11.8 Å². The molecular weight excluding hydrogens is 266 g/mol. The van der Waals surface area contributed by atoms with Crippen LogP contribution >= 0.6 is 0 Å². The van der Waals surface area contributed by atoms with Crippen LogP contribution in [0.4, 0.5) is 5.69 Å². The smallest absolute Gasteiger partial charge is 0.309 e. The van der Waals surface area contributed by atoms with E-state index in [0.29, 0.717) is 12.8 Å². The molecule has 0 heterocycles. The molecule has 1 aromatic carbocycles. The third-order valence-electron chi connectivity index (χ3n) is 5.33. The Balaban J connectivity index is 2.17. The maximum absolute atomic E-state index is 12.5. The van der Waals surface area contributed by atoms with Gasteiger partial charge in [0.2, 0.25) is 5.91 Å². The molecule has 0 aromatic heterocycles. The van der Waals surface area contributed by atoms with E-state index in [1.807, 2.05) is 45.0 Å². The Morgan fingerprint density at radius 3 is 2.24 bits per heavy atom. The Morgan fingerprint density at radius 1 is 1.19 bits per heavy atom. The Hall–Kier alpha value is -1.84. The van der Waals surface area contributed by atoms with Gasteiger partial charge in [-0.15, -0.1) is 0 Å². The molecule has 1 saturated carbocycles. The van der Waals surface area contributed by atoms with Gasteiger partial charge in [-0.05, 0) is 44.2 Å². The van der Waals surface area contributed by atoms with Crippen molar-refractivity contribution < 1.29 is 14.7 Å². The molecule has 2 atom stereocenters. The Bertz CT molecular complexity index is 562. The van der Waals surface area contributed by atoms with E-state index >= 15 is 0 Å². The van der Waals surface area contributed by atoms with Gasteiger partial charge >= 0.3 is 5.97 Å². The first kappa shape index (κ1) is 15.5. The molecule has 1 aliphatic rings. The molecule has 0 spiro atoms. The van der Waals surface area contributed by atoms with Crippen molar-refractivity contribution in [3.63, 3.8) is 0 Å². The molecule has 1 aromatic rings. The van der Waals surface area contributed by atoms with Crippen molar-refractivity contribution in [3.8, 4) is 0 Å². The summed E-state index contributed by atoms with van der Waals surface area (Å²) in [6, 6.07) is 7.62. The van der Waals surface area contributed by atoms with Crippen molar-refractivity contribution in [2.75, 3.05) is 5.32 Å². The fourth-order valence-electron chi connectivity index (χ4n) is 3.21. The molecule has 1 fully saturated rings. The van der Waals surface area contributed by atoms with E-state index in [4.69, 9.17) is 0 Å². The van der Waals surface area contributed by atoms with Crippen LogP contribution in [0, 0.1) is 23.7 Å². The van der Waals surface area contributed by atoms with Crippen LogP contribution in [0.3, 0.4) is 0 Å². The number of benzene rings is 1. The molecule has 114 valence electrons. The van der Waals surface area contributed by atoms with Crippen LogP contribution in [0.5, 0.6) is 0 Å². The fourth-order valence-corrected chi connectivity index (χ4v) is 3.21. The standard InChI is InChI=1S/C17H23NO3/c1-11-5-7-12(8-6-11)18-14(19)13-9-10-17(4,15(20)21)16(13,2)3/h5-8,13H,9-10H2,1-4H3,(H,18,19)(H,20,21)/t13-,17-/m0/s1.